The standard InChI is InChI=1S/C10H10ClNO2/c1-14-6-4-8-7(9(11)5-6)2-3-12-10(8)13/h4-5H,2-3H2,1H3,(H,12,13). The number of carbonyl (C=O) groups excluding carboxylic acids is 1. The average Bonchev–Trinajstić information content (AvgIpc) is 2.19. The molecule has 1 aliphatic heterocycles. The second-order valence-corrected chi connectivity index (χ2v) is 3.55. The SMILES string of the molecule is COc1cc(Cl)c2c(c1)C(=O)NCC2. The fraction of sp³-hybridized carbons (Fsp3) is 0.300. The number of methoxy groups -OCH3 is 1. The van der Waals surface area contributed by atoms with Crippen molar-refractivity contribution in [3.63, 3.8) is 0 Å². The van der Waals surface area contributed by atoms with Crippen LogP contribution in [0.15, 0.2) is 12.1 Å². The lowest BCUT2D eigenvalue weighted by Gasteiger charge is -2.18. The highest BCUT2D eigenvalue weighted by atomic mass is 35.5. The maximum Gasteiger partial charge on any atom is 0.251 e. The van der Waals surface area contributed by atoms with E-state index in [4.69, 9.17) is 16.3 Å². The minimum absolute atomic E-state index is 0.0768. The highest BCUT2D eigenvalue weighted by Gasteiger charge is 2.19. The minimum Gasteiger partial charge on any atom is -0.497 e. The normalized spacial score (nSPS) is 14.6. The smallest absolute Gasteiger partial charge is 0.251 e. The Kier molecular flexibility index (Phi) is 2.33. The van der Waals surface area contributed by atoms with Crippen LogP contribution in [-0.2, 0) is 6.42 Å². The van der Waals surface area contributed by atoms with E-state index in [1.807, 2.05) is 0 Å². The Morgan fingerprint density at radius 3 is 3.00 bits per heavy atom. The summed E-state index contributed by atoms with van der Waals surface area (Å²) < 4.78 is 5.04. The number of nitrogens with one attached hydrogen (secondary N) is 1. The van der Waals surface area contributed by atoms with Crippen LogP contribution >= 0.6 is 11.6 Å². The van der Waals surface area contributed by atoms with Gasteiger partial charge in [-0.1, -0.05) is 11.6 Å². The molecule has 1 N–H and O–H groups in total. The molecule has 1 aliphatic rings. The molecule has 3 nitrogen and oxygen atoms in total. The first-order chi connectivity index (χ1) is 6.72. The summed E-state index contributed by atoms with van der Waals surface area (Å²) in [4.78, 5) is 11.5. The van der Waals surface area contributed by atoms with Gasteiger partial charge in [0.05, 0.1) is 7.11 Å². The highest BCUT2D eigenvalue weighted by Crippen LogP contribution is 2.28. The molecule has 0 saturated carbocycles. The molecule has 1 amide bonds. The number of rotatable bonds is 1. The van der Waals surface area contributed by atoms with Crippen molar-refractivity contribution in [1.82, 2.24) is 5.32 Å². The second-order valence-electron chi connectivity index (χ2n) is 3.14. The Hall–Kier alpha value is -1.22. The number of halogens is 1. The van der Waals surface area contributed by atoms with Crippen LogP contribution in [0.5, 0.6) is 5.75 Å². The van der Waals surface area contributed by atoms with Crippen molar-refractivity contribution >= 4 is 17.5 Å². The van der Waals surface area contributed by atoms with Crippen molar-refractivity contribution < 1.29 is 9.53 Å². The lowest BCUT2D eigenvalue weighted by molar-refractivity contribution is 0.0945. The molecule has 0 atom stereocenters. The topological polar surface area (TPSA) is 38.3 Å². The van der Waals surface area contributed by atoms with Crippen LogP contribution in [0.2, 0.25) is 5.02 Å². The number of benzene rings is 1. The monoisotopic (exact) mass is 211 g/mol. The lowest BCUT2D eigenvalue weighted by atomic mass is 10.00. The third-order valence-electron chi connectivity index (χ3n) is 2.31. The molecular weight excluding hydrogens is 202 g/mol. The van der Waals surface area contributed by atoms with Crippen LogP contribution in [0.25, 0.3) is 0 Å². The van der Waals surface area contributed by atoms with Crippen LogP contribution in [0, 0.1) is 0 Å². The number of carbonyl (C=O) groups is 1. The highest BCUT2D eigenvalue weighted by molar-refractivity contribution is 6.32. The van der Waals surface area contributed by atoms with E-state index in [9.17, 15) is 4.79 Å². The molecule has 0 aromatic heterocycles. The summed E-state index contributed by atoms with van der Waals surface area (Å²) in [7, 11) is 1.55. The van der Waals surface area contributed by atoms with Crippen LogP contribution in [0.4, 0.5) is 0 Å². The Labute approximate surface area is 87.0 Å². The van der Waals surface area contributed by atoms with E-state index >= 15 is 0 Å². The van der Waals surface area contributed by atoms with Gasteiger partial charge in [-0.15, -0.1) is 0 Å². The predicted molar refractivity (Wildman–Crippen MR) is 54.0 cm³/mol. The number of hydrogen-bond donors (Lipinski definition) is 1. The van der Waals surface area contributed by atoms with Gasteiger partial charge in [-0.3, -0.25) is 4.79 Å². The molecule has 74 valence electrons. The van der Waals surface area contributed by atoms with E-state index in [0.29, 0.717) is 22.9 Å². The van der Waals surface area contributed by atoms with E-state index in [2.05, 4.69) is 5.32 Å². The van der Waals surface area contributed by atoms with E-state index < -0.39 is 0 Å². The molecule has 0 radical (unpaired) electrons. The summed E-state index contributed by atoms with van der Waals surface area (Å²) in [6.07, 6.45) is 0.782. The summed E-state index contributed by atoms with van der Waals surface area (Å²) in [5, 5.41) is 3.37. The second kappa shape index (κ2) is 3.50. The Morgan fingerprint density at radius 2 is 2.29 bits per heavy atom. The molecule has 0 unspecified atom stereocenters. The molecule has 1 aromatic carbocycles. The molecule has 0 spiro atoms. The van der Waals surface area contributed by atoms with Gasteiger partial charge in [0.1, 0.15) is 5.75 Å². The van der Waals surface area contributed by atoms with E-state index in [1.54, 1.807) is 19.2 Å². The molecule has 0 saturated heterocycles. The first-order valence-corrected chi connectivity index (χ1v) is 4.75. The zero-order valence-electron chi connectivity index (χ0n) is 7.76. The van der Waals surface area contributed by atoms with E-state index in [1.165, 1.54) is 0 Å². The van der Waals surface area contributed by atoms with Gasteiger partial charge < -0.3 is 10.1 Å². The fourth-order valence-electron chi connectivity index (χ4n) is 1.58. The average molecular weight is 212 g/mol. The summed E-state index contributed by atoms with van der Waals surface area (Å²) in [5.41, 5.74) is 1.54. The number of amides is 1. The van der Waals surface area contributed by atoms with E-state index in [-0.39, 0.29) is 5.91 Å². The molecule has 2 rings (SSSR count). The third kappa shape index (κ3) is 1.44. The van der Waals surface area contributed by atoms with E-state index in [0.717, 1.165) is 12.0 Å². The maximum absolute atomic E-state index is 11.5. The molecule has 1 heterocycles. The van der Waals surface area contributed by atoms with Gasteiger partial charge in [-0.2, -0.15) is 0 Å². The van der Waals surface area contributed by atoms with Gasteiger partial charge in [0.15, 0.2) is 0 Å². The van der Waals surface area contributed by atoms with Gasteiger partial charge in [0.25, 0.3) is 5.91 Å². The van der Waals surface area contributed by atoms with Crippen molar-refractivity contribution in [3.8, 4) is 5.75 Å². The van der Waals surface area contributed by atoms with Crippen LogP contribution < -0.4 is 10.1 Å². The van der Waals surface area contributed by atoms with Crippen molar-refractivity contribution in [1.29, 1.82) is 0 Å². The Bertz CT molecular complexity index is 390. The molecule has 1 aromatic rings. The lowest BCUT2D eigenvalue weighted by Crippen LogP contribution is -2.31. The third-order valence-corrected chi connectivity index (χ3v) is 2.65. The zero-order chi connectivity index (χ0) is 10.1. The quantitative estimate of drug-likeness (QED) is 0.767. The minimum atomic E-state index is -0.0768. The summed E-state index contributed by atoms with van der Waals surface area (Å²) >= 11 is 6.03. The van der Waals surface area contributed by atoms with Gasteiger partial charge in [0.2, 0.25) is 0 Å². The van der Waals surface area contributed by atoms with Crippen LogP contribution in [0.1, 0.15) is 15.9 Å². The predicted octanol–water partition coefficient (Wildman–Crippen LogP) is 1.63. The van der Waals surface area contributed by atoms with Gasteiger partial charge >= 0.3 is 0 Å². The number of fused-ring (bicyclic) bond motifs is 1. The van der Waals surface area contributed by atoms with Crippen molar-refractivity contribution in [2.24, 2.45) is 0 Å². The number of ether oxygens (including phenoxy) is 1. The van der Waals surface area contributed by atoms with Gasteiger partial charge in [-0.25, -0.2) is 0 Å². The van der Waals surface area contributed by atoms with Gasteiger partial charge in [0, 0.05) is 17.1 Å². The molecule has 0 bridgehead atoms. The number of hydrogen-bond acceptors (Lipinski definition) is 2. The Balaban J connectivity index is 2.57. The molecular formula is C10H10ClNO2. The van der Waals surface area contributed by atoms with Crippen molar-refractivity contribution in [2.45, 2.75) is 6.42 Å². The molecule has 0 aliphatic carbocycles. The first kappa shape index (κ1) is 9.34. The zero-order valence-corrected chi connectivity index (χ0v) is 8.52. The van der Waals surface area contributed by atoms with Crippen molar-refractivity contribution in [2.75, 3.05) is 13.7 Å². The molecule has 0 fully saturated rings. The van der Waals surface area contributed by atoms with Gasteiger partial charge in [-0.05, 0) is 24.1 Å². The summed E-state index contributed by atoms with van der Waals surface area (Å²) in [6.45, 7) is 0.651. The summed E-state index contributed by atoms with van der Waals surface area (Å²) in [5.74, 6) is 0.540. The maximum atomic E-state index is 11.5. The van der Waals surface area contributed by atoms with Crippen LogP contribution in [0.3, 0.4) is 0 Å². The summed E-state index contributed by atoms with van der Waals surface area (Å²) in [6, 6.07) is 3.45. The molecule has 4 heteroatoms. The Morgan fingerprint density at radius 1 is 1.50 bits per heavy atom. The first-order valence-electron chi connectivity index (χ1n) is 4.37. The van der Waals surface area contributed by atoms with Crippen molar-refractivity contribution in [3.05, 3.63) is 28.3 Å². The largest absolute Gasteiger partial charge is 0.497 e. The fourth-order valence-corrected chi connectivity index (χ4v) is 1.89. The van der Waals surface area contributed by atoms with Crippen LogP contribution in [-0.4, -0.2) is 19.6 Å². The molecule has 14 heavy (non-hydrogen) atoms.